The first-order valence-corrected chi connectivity index (χ1v) is 12.2. The Morgan fingerprint density at radius 1 is 1.09 bits per heavy atom. The van der Waals surface area contributed by atoms with E-state index in [1.807, 2.05) is 0 Å². The summed E-state index contributed by atoms with van der Waals surface area (Å²) in [7, 11) is -3.99. The van der Waals surface area contributed by atoms with Gasteiger partial charge in [-0.2, -0.15) is 4.31 Å². The summed E-state index contributed by atoms with van der Waals surface area (Å²) in [6.45, 7) is 1.61. The zero-order valence-corrected chi connectivity index (χ0v) is 19.0. The smallest absolute Gasteiger partial charge is 0.244 e. The lowest BCUT2D eigenvalue weighted by Gasteiger charge is -2.25. The number of aromatic nitrogens is 3. The number of nitrogens with zero attached hydrogens (tertiary/aromatic N) is 4. The van der Waals surface area contributed by atoms with Crippen molar-refractivity contribution in [2.24, 2.45) is 5.92 Å². The fourth-order valence-electron chi connectivity index (χ4n) is 4.52. The van der Waals surface area contributed by atoms with Crippen molar-refractivity contribution >= 4 is 15.9 Å². The number of halogens is 2. The van der Waals surface area contributed by atoms with Gasteiger partial charge >= 0.3 is 0 Å². The number of benzene rings is 1. The molecule has 1 aliphatic carbocycles. The van der Waals surface area contributed by atoms with E-state index < -0.39 is 33.6 Å². The van der Waals surface area contributed by atoms with Crippen LogP contribution in [0.15, 0.2) is 53.8 Å². The van der Waals surface area contributed by atoms with Crippen LogP contribution in [0.3, 0.4) is 0 Å². The van der Waals surface area contributed by atoms with E-state index in [1.54, 1.807) is 19.3 Å². The highest BCUT2D eigenvalue weighted by molar-refractivity contribution is 7.89. The van der Waals surface area contributed by atoms with Gasteiger partial charge in [0.05, 0.1) is 16.8 Å². The van der Waals surface area contributed by atoms with Crippen LogP contribution in [0, 0.1) is 24.5 Å². The highest BCUT2D eigenvalue weighted by Crippen LogP contribution is 2.48. The average Bonchev–Trinajstić information content (AvgIpc) is 3.37. The van der Waals surface area contributed by atoms with E-state index in [0.717, 1.165) is 18.3 Å². The molecular weight excluding hydrogens is 464 g/mol. The number of carbonyl (C=O) groups excluding carboxylic acids is 1. The first-order chi connectivity index (χ1) is 16.2. The van der Waals surface area contributed by atoms with E-state index in [9.17, 15) is 22.0 Å². The highest BCUT2D eigenvalue weighted by atomic mass is 32.2. The normalized spacial score (nSPS) is 21.8. The van der Waals surface area contributed by atoms with Gasteiger partial charge in [0.25, 0.3) is 0 Å². The second-order valence-corrected chi connectivity index (χ2v) is 10.4. The molecule has 34 heavy (non-hydrogen) atoms. The van der Waals surface area contributed by atoms with Crippen molar-refractivity contribution in [2.45, 2.75) is 43.3 Å². The van der Waals surface area contributed by atoms with Gasteiger partial charge in [-0.1, -0.05) is 0 Å². The lowest BCUT2D eigenvalue weighted by molar-refractivity contribution is -0.124. The molecule has 3 fully saturated rings. The molecule has 4 heterocycles. The fraction of sp³-hybridized carbons (Fsp3) is 0.304. The molecule has 2 bridgehead atoms. The molecule has 0 unspecified atom stereocenters. The maximum absolute atomic E-state index is 14.4. The number of rotatable bonds is 6. The number of hydrogen-bond acceptors (Lipinski definition) is 6. The third kappa shape index (κ3) is 3.94. The summed E-state index contributed by atoms with van der Waals surface area (Å²) in [4.78, 5) is 25.3. The number of amides is 1. The van der Waals surface area contributed by atoms with E-state index in [1.165, 1.54) is 22.5 Å². The first kappa shape index (κ1) is 22.5. The fourth-order valence-corrected chi connectivity index (χ4v) is 6.37. The maximum atomic E-state index is 14.4. The van der Waals surface area contributed by atoms with Crippen LogP contribution in [0.2, 0.25) is 0 Å². The third-order valence-corrected chi connectivity index (χ3v) is 8.30. The van der Waals surface area contributed by atoms with Crippen molar-refractivity contribution in [1.82, 2.24) is 24.6 Å². The van der Waals surface area contributed by atoms with Crippen LogP contribution in [-0.2, 0) is 21.4 Å². The molecule has 0 spiro atoms. The first-order valence-electron chi connectivity index (χ1n) is 10.7. The molecule has 8 nitrogen and oxygen atoms in total. The number of aryl methyl sites for hydroxylation is 1. The maximum Gasteiger partial charge on any atom is 0.244 e. The zero-order valence-electron chi connectivity index (χ0n) is 18.1. The Kier molecular flexibility index (Phi) is 5.61. The van der Waals surface area contributed by atoms with Gasteiger partial charge in [-0.25, -0.2) is 27.2 Å². The lowest BCUT2D eigenvalue weighted by atomic mass is 9.83. The van der Waals surface area contributed by atoms with Crippen molar-refractivity contribution in [3.63, 3.8) is 0 Å². The van der Waals surface area contributed by atoms with Crippen LogP contribution in [0.4, 0.5) is 8.78 Å². The second kappa shape index (κ2) is 8.48. The molecule has 176 valence electrons. The van der Waals surface area contributed by atoms with Crippen LogP contribution in [0.25, 0.3) is 11.3 Å². The summed E-state index contributed by atoms with van der Waals surface area (Å²) in [5.74, 6) is -1.15. The van der Waals surface area contributed by atoms with Gasteiger partial charge in [-0.3, -0.25) is 9.78 Å². The van der Waals surface area contributed by atoms with Gasteiger partial charge in [0, 0.05) is 36.1 Å². The molecule has 3 aromatic rings. The standard InChI is InChI=1S/C23H21F2N5O3S/c1-13-26-10-16(11-27-13)21-8-15(20(25)12-28-21)9-29-23(31)22-14-6-18(7-14)30(22)34(32,33)19-4-2-17(24)3-5-19/h2-5,8,10-12,14,18,22H,6-7,9H2,1H3,(H,29,31)/t14?,18?,22-/m0/s1. The Morgan fingerprint density at radius 2 is 1.76 bits per heavy atom. The summed E-state index contributed by atoms with van der Waals surface area (Å²) in [5.41, 5.74) is 1.26. The van der Waals surface area contributed by atoms with Gasteiger partial charge in [0.2, 0.25) is 15.9 Å². The van der Waals surface area contributed by atoms with E-state index >= 15 is 0 Å². The third-order valence-electron chi connectivity index (χ3n) is 6.35. The topological polar surface area (TPSA) is 105 Å². The van der Waals surface area contributed by atoms with Gasteiger partial charge in [-0.05, 0) is 56.0 Å². The number of hydrogen-bond donors (Lipinski definition) is 1. The molecule has 2 aliphatic heterocycles. The Bertz CT molecular complexity index is 1340. The predicted molar refractivity (Wildman–Crippen MR) is 118 cm³/mol. The van der Waals surface area contributed by atoms with Crippen molar-refractivity contribution in [1.29, 1.82) is 0 Å². The van der Waals surface area contributed by atoms with Gasteiger partial charge in [-0.15, -0.1) is 0 Å². The Morgan fingerprint density at radius 3 is 2.44 bits per heavy atom. The van der Waals surface area contributed by atoms with Gasteiger partial charge < -0.3 is 5.32 Å². The Labute approximate surface area is 195 Å². The quantitative estimate of drug-likeness (QED) is 0.576. The number of carbonyl (C=O) groups is 1. The predicted octanol–water partition coefficient (Wildman–Crippen LogP) is 2.59. The minimum Gasteiger partial charge on any atom is -0.351 e. The molecule has 1 N–H and O–H groups in total. The molecule has 3 aliphatic rings. The molecule has 0 radical (unpaired) electrons. The van der Waals surface area contributed by atoms with Crippen molar-refractivity contribution in [3.8, 4) is 11.3 Å². The molecule has 1 atom stereocenters. The van der Waals surface area contributed by atoms with E-state index in [-0.39, 0.29) is 29.0 Å². The minimum absolute atomic E-state index is 0.0654. The highest BCUT2D eigenvalue weighted by Gasteiger charge is 2.58. The number of fused-ring (bicyclic) bond motifs is 1. The van der Waals surface area contributed by atoms with E-state index in [0.29, 0.717) is 29.9 Å². The molecule has 2 aromatic heterocycles. The van der Waals surface area contributed by atoms with Gasteiger partial charge in [0.15, 0.2) is 0 Å². The molecule has 2 saturated heterocycles. The average molecular weight is 486 g/mol. The molecule has 6 rings (SSSR count). The number of sulfonamides is 1. The summed E-state index contributed by atoms with van der Waals surface area (Å²) >= 11 is 0. The zero-order chi connectivity index (χ0) is 24.0. The number of pyridine rings is 1. The molecule has 1 aromatic carbocycles. The van der Waals surface area contributed by atoms with Gasteiger partial charge in [0.1, 0.15) is 23.5 Å². The second-order valence-electron chi connectivity index (χ2n) is 8.52. The number of nitrogens with one attached hydrogen (secondary N) is 1. The minimum atomic E-state index is -3.99. The summed E-state index contributed by atoms with van der Waals surface area (Å²) in [6.07, 6.45) is 5.39. The van der Waals surface area contributed by atoms with Crippen molar-refractivity contribution < 1.29 is 22.0 Å². The van der Waals surface area contributed by atoms with Crippen LogP contribution < -0.4 is 5.32 Å². The lowest BCUT2D eigenvalue weighted by Crippen LogP contribution is -2.46. The van der Waals surface area contributed by atoms with E-state index in [4.69, 9.17) is 0 Å². The molecule has 1 amide bonds. The summed E-state index contributed by atoms with van der Waals surface area (Å²) < 4.78 is 55.3. The van der Waals surface area contributed by atoms with Crippen molar-refractivity contribution in [2.75, 3.05) is 0 Å². The molecule has 11 heteroatoms. The summed E-state index contributed by atoms with van der Waals surface area (Å²) in [5, 5.41) is 2.69. The molecule has 1 saturated carbocycles. The SMILES string of the molecule is Cc1ncc(-c2cc(CNC(=O)[C@@H]3C4CC(C4)N3S(=O)(=O)c3ccc(F)cc3)c(F)cn2)cn1. The summed E-state index contributed by atoms with van der Waals surface area (Å²) in [6, 6.07) is 4.87. The molecular formula is C23H21F2N5O3S. The van der Waals surface area contributed by atoms with Crippen LogP contribution in [0.5, 0.6) is 0 Å². The monoisotopic (exact) mass is 485 g/mol. The van der Waals surface area contributed by atoms with Crippen LogP contribution >= 0.6 is 0 Å². The Hall–Kier alpha value is -3.31. The van der Waals surface area contributed by atoms with E-state index in [2.05, 4.69) is 20.3 Å². The van der Waals surface area contributed by atoms with Crippen LogP contribution in [-0.4, -0.2) is 45.7 Å². The Balaban J connectivity index is 1.34. The van der Waals surface area contributed by atoms with Crippen LogP contribution in [0.1, 0.15) is 24.2 Å². The largest absolute Gasteiger partial charge is 0.351 e. The van der Waals surface area contributed by atoms with Crippen molar-refractivity contribution in [3.05, 3.63) is 71.9 Å².